The summed E-state index contributed by atoms with van der Waals surface area (Å²) in [6.07, 6.45) is 0. The molecule has 0 atom stereocenters. The summed E-state index contributed by atoms with van der Waals surface area (Å²) in [6.45, 7) is 4.81. The van der Waals surface area contributed by atoms with Gasteiger partial charge in [-0.1, -0.05) is 35.5 Å². The first-order chi connectivity index (χ1) is 13.2. The number of hydrogen-bond acceptors (Lipinski definition) is 5. The second-order valence-electron chi connectivity index (χ2n) is 5.55. The average Bonchev–Trinajstić information content (AvgIpc) is 3.13. The van der Waals surface area contributed by atoms with Crippen LogP contribution in [0.5, 0.6) is 11.5 Å². The van der Waals surface area contributed by atoms with Crippen molar-refractivity contribution in [3.8, 4) is 22.8 Å². The van der Waals surface area contributed by atoms with Crippen molar-refractivity contribution < 1.29 is 18.8 Å². The van der Waals surface area contributed by atoms with Crippen LogP contribution >= 0.6 is 0 Å². The number of carbonyl (C=O) groups is 1. The Labute approximate surface area is 157 Å². The summed E-state index contributed by atoms with van der Waals surface area (Å²) >= 11 is 0. The first-order valence-corrected chi connectivity index (χ1v) is 8.69. The van der Waals surface area contributed by atoms with Gasteiger partial charge in [0.15, 0.2) is 23.1 Å². The number of anilines is 2. The molecule has 1 heterocycles. The third kappa shape index (κ3) is 4.78. The van der Waals surface area contributed by atoms with E-state index in [1.165, 1.54) is 0 Å². The molecule has 2 aromatic carbocycles. The van der Waals surface area contributed by atoms with Gasteiger partial charge >= 0.3 is 6.03 Å². The number of amides is 2. The van der Waals surface area contributed by atoms with E-state index >= 15 is 0 Å². The highest BCUT2D eigenvalue weighted by Crippen LogP contribution is 2.30. The molecule has 0 bridgehead atoms. The van der Waals surface area contributed by atoms with Crippen LogP contribution in [0.15, 0.2) is 59.1 Å². The fourth-order valence-corrected chi connectivity index (χ4v) is 2.48. The zero-order valence-corrected chi connectivity index (χ0v) is 15.2. The summed E-state index contributed by atoms with van der Waals surface area (Å²) in [4.78, 5) is 12.2. The Kier molecular flexibility index (Phi) is 5.94. The minimum absolute atomic E-state index is 0.322. The molecule has 7 heteroatoms. The maximum absolute atomic E-state index is 12.2. The Morgan fingerprint density at radius 3 is 2.44 bits per heavy atom. The van der Waals surface area contributed by atoms with Crippen LogP contribution in [0.3, 0.4) is 0 Å². The summed E-state index contributed by atoms with van der Waals surface area (Å²) < 4.78 is 16.3. The molecule has 140 valence electrons. The summed E-state index contributed by atoms with van der Waals surface area (Å²) in [5, 5.41) is 9.25. The van der Waals surface area contributed by atoms with E-state index in [2.05, 4.69) is 15.8 Å². The molecule has 1 aromatic heterocycles. The molecule has 0 aliphatic heterocycles. The lowest BCUT2D eigenvalue weighted by Gasteiger charge is -2.13. The number of carbonyl (C=O) groups excluding carboxylic acids is 1. The molecule has 2 N–H and O–H groups in total. The highest BCUT2D eigenvalue weighted by Gasteiger charge is 2.11. The molecule has 2 amide bonds. The maximum atomic E-state index is 12.2. The minimum atomic E-state index is -0.436. The molecule has 3 rings (SSSR count). The van der Waals surface area contributed by atoms with Gasteiger partial charge in [-0.25, -0.2) is 4.79 Å². The summed E-state index contributed by atoms with van der Waals surface area (Å²) in [5.41, 5.74) is 1.46. The Hall–Kier alpha value is -3.48. The van der Waals surface area contributed by atoms with Gasteiger partial charge in [0.05, 0.1) is 13.2 Å². The van der Waals surface area contributed by atoms with Gasteiger partial charge < -0.3 is 19.3 Å². The molecule has 3 aromatic rings. The molecule has 7 nitrogen and oxygen atoms in total. The molecule has 0 spiro atoms. The highest BCUT2D eigenvalue weighted by molar-refractivity contribution is 5.99. The number of nitrogens with zero attached hydrogens (tertiary/aromatic N) is 1. The van der Waals surface area contributed by atoms with E-state index in [1.54, 1.807) is 24.3 Å². The van der Waals surface area contributed by atoms with Crippen molar-refractivity contribution in [3.63, 3.8) is 0 Å². The quantitative estimate of drug-likeness (QED) is 0.627. The Morgan fingerprint density at radius 1 is 0.963 bits per heavy atom. The average molecular weight is 367 g/mol. The molecule has 0 saturated heterocycles. The van der Waals surface area contributed by atoms with Gasteiger partial charge in [0.25, 0.3) is 0 Å². The molecular weight excluding hydrogens is 346 g/mol. The standard InChI is InChI=1S/C20H21N3O4/c1-3-25-16-11-10-15(12-18(16)26-4-2)21-20(24)22-19-13-17(27-23-19)14-8-6-5-7-9-14/h5-13H,3-4H2,1-2H3,(H2,21,22,23,24). The minimum Gasteiger partial charge on any atom is -0.490 e. The zero-order valence-electron chi connectivity index (χ0n) is 15.2. The lowest BCUT2D eigenvalue weighted by atomic mass is 10.2. The van der Waals surface area contributed by atoms with Crippen LogP contribution in [0.1, 0.15) is 13.8 Å². The van der Waals surface area contributed by atoms with E-state index in [4.69, 9.17) is 14.0 Å². The van der Waals surface area contributed by atoms with E-state index in [1.807, 2.05) is 44.2 Å². The topological polar surface area (TPSA) is 85.6 Å². The maximum Gasteiger partial charge on any atom is 0.324 e. The van der Waals surface area contributed by atoms with E-state index in [-0.39, 0.29) is 0 Å². The van der Waals surface area contributed by atoms with Crippen molar-refractivity contribution in [1.82, 2.24) is 5.16 Å². The van der Waals surface area contributed by atoms with Gasteiger partial charge in [-0.05, 0) is 26.0 Å². The van der Waals surface area contributed by atoms with Crippen molar-refractivity contribution >= 4 is 17.5 Å². The normalized spacial score (nSPS) is 10.3. The fraction of sp³-hybridized carbons (Fsp3) is 0.200. The van der Waals surface area contributed by atoms with Crippen LogP contribution in [-0.4, -0.2) is 24.4 Å². The third-order valence-corrected chi connectivity index (χ3v) is 3.61. The van der Waals surface area contributed by atoms with Gasteiger partial charge in [0.1, 0.15) is 0 Å². The van der Waals surface area contributed by atoms with Gasteiger partial charge in [-0.15, -0.1) is 0 Å². The van der Waals surface area contributed by atoms with Crippen LogP contribution in [0.4, 0.5) is 16.3 Å². The predicted octanol–water partition coefficient (Wildman–Crippen LogP) is 4.78. The molecule has 0 saturated carbocycles. The molecule has 0 fully saturated rings. The van der Waals surface area contributed by atoms with Gasteiger partial charge in [-0.2, -0.15) is 0 Å². The predicted molar refractivity (Wildman–Crippen MR) is 103 cm³/mol. The lowest BCUT2D eigenvalue weighted by Crippen LogP contribution is -2.19. The summed E-state index contributed by atoms with van der Waals surface area (Å²) in [5.74, 6) is 2.10. The number of aromatic nitrogens is 1. The molecule has 0 aliphatic carbocycles. The van der Waals surface area contributed by atoms with Gasteiger partial charge in [0, 0.05) is 23.4 Å². The fourth-order valence-electron chi connectivity index (χ4n) is 2.48. The van der Waals surface area contributed by atoms with Crippen molar-refractivity contribution in [1.29, 1.82) is 0 Å². The number of rotatable bonds is 7. The molecule has 27 heavy (non-hydrogen) atoms. The Balaban J connectivity index is 1.66. The van der Waals surface area contributed by atoms with E-state index in [0.29, 0.717) is 42.0 Å². The highest BCUT2D eigenvalue weighted by atomic mass is 16.5. The van der Waals surface area contributed by atoms with Crippen molar-refractivity contribution in [2.24, 2.45) is 0 Å². The lowest BCUT2D eigenvalue weighted by molar-refractivity contribution is 0.262. The van der Waals surface area contributed by atoms with Gasteiger partial charge in [-0.3, -0.25) is 5.32 Å². The van der Waals surface area contributed by atoms with Crippen molar-refractivity contribution in [2.75, 3.05) is 23.8 Å². The molecule has 0 unspecified atom stereocenters. The number of nitrogens with one attached hydrogen (secondary N) is 2. The number of benzene rings is 2. The molecule has 0 radical (unpaired) electrons. The van der Waals surface area contributed by atoms with Crippen LogP contribution < -0.4 is 20.1 Å². The second-order valence-corrected chi connectivity index (χ2v) is 5.55. The molecular formula is C20H21N3O4. The van der Waals surface area contributed by atoms with Crippen molar-refractivity contribution in [3.05, 3.63) is 54.6 Å². The number of urea groups is 1. The zero-order chi connectivity index (χ0) is 19.1. The number of ether oxygens (including phenoxy) is 2. The van der Waals surface area contributed by atoms with Crippen LogP contribution in [0, 0.1) is 0 Å². The van der Waals surface area contributed by atoms with Gasteiger partial charge in [0.2, 0.25) is 0 Å². The number of hydrogen-bond donors (Lipinski definition) is 2. The summed E-state index contributed by atoms with van der Waals surface area (Å²) in [6, 6.07) is 16.0. The SMILES string of the molecule is CCOc1ccc(NC(=O)Nc2cc(-c3ccccc3)on2)cc1OCC. The van der Waals surface area contributed by atoms with Crippen LogP contribution in [0.2, 0.25) is 0 Å². The van der Waals surface area contributed by atoms with E-state index < -0.39 is 6.03 Å². The Morgan fingerprint density at radius 2 is 1.70 bits per heavy atom. The van der Waals surface area contributed by atoms with E-state index in [9.17, 15) is 4.79 Å². The first kappa shape index (κ1) is 18.3. The second kappa shape index (κ2) is 8.75. The van der Waals surface area contributed by atoms with Crippen molar-refractivity contribution in [2.45, 2.75) is 13.8 Å². The first-order valence-electron chi connectivity index (χ1n) is 8.69. The third-order valence-electron chi connectivity index (χ3n) is 3.61. The summed E-state index contributed by atoms with van der Waals surface area (Å²) in [7, 11) is 0. The Bertz CT molecular complexity index is 893. The van der Waals surface area contributed by atoms with Crippen LogP contribution in [-0.2, 0) is 0 Å². The van der Waals surface area contributed by atoms with E-state index in [0.717, 1.165) is 5.56 Å². The monoisotopic (exact) mass is 367 g/mol. The largest absolute Gasteiger partial charge is 0.490 e. The van der Waals surface area contributed by atoms with Crippen LogP contribution in [0.25, 0.3) is 11.3 Å². The molecule has 0 aliphatic rings. The smallest absolute Gasteiger partial charge is 0.324 e.